The van der Waals surface area contributed by atoms with Crippen LogP contribution in [0.15, 0.2) is 18.2 Å². The highest BCUT2D eigenvalue weighted by Crippen LogP contribution is 2.28. The van der Waals surface area contributed by atoms with Crippen LogP contribution in [0, 0.1) is 0 Å². The largest absolute Gasteiger partial charge is 0.482 e. The van der Waals surface area contributed by atoms with Crippen molar-refractivity contribution in [3.05, 3.63) is 23.8 Å². The fourth-order valence-electron chi connectivity index (χ4n) is 1.81. The minimum Gasteiger partial charge on any atom is -0.482 e. The zero-order valence-corrected chi connectivity index (χ0v) is 11.3. The number of carbonyl (C=O) groups is 1. The summed E-state index contributed by atoms with van der Waals surface area (Å²) in [6.45, 7) is 1.94. The van der Waals surface area contributed by atoms with Crippen LogP contribution in [0.1, 0.15) is 12.0 Å². The molecule has 1 heterocycles. The summed E-state index contributed by atoms with van der Waals surface area (Å²) >= 11 is 1.86. The normalized spacial score (nSPS) is 13.7. The highest BCUT2D eigenvalue weighted by atomic mass is 32.2. The molecule has 18 heavy (non-hydrogen) atoms. The number of carbonyl (C=O) groups excluding carboxylic acids is 1. The van der Waals surface area contributed by atoms with Gasteiger partial charge in [-0.2, -0.15) is 11.8 Å². The van der Waals surface area contributed by atoms with Crippen LogP contribution >= 0.6 is 11.8 Å². The number of ether oxygens (including phenoxy) is 1. The molecular formula is C13H18N2O2S. The second-order valence-corrected chi connectivity index (χ2v) is 5.18. The van der Waals surface area contributed by atoms with Crippen LogP contribution in [-0.2, 0) is 11.3 Å². The van der Waals surface area contributed by atoms with E-state index in [1.165, 1.54) is 12.2 Å². The maximum absolute atomic E-state index is 11.2. The quantitative estimate of drug-likeness (QED) is 0.772. The number of thioether (sulfide) groups is 1. The third-order valence-electron chi connectivity index (χ3n) is 2.71. The Morgan fingerprint density at radius 2 is 2.39 bits per heavy atom. The van der Waals surface area contributed by atoms with Crippen LogP contribution in [0.4, 0.5) is 5.69 Å². The van der Waals surface area contributed by atoms with Crippen LogP contribution in [0.25, 0.3) is 0 Å². The van der Waals surface area contributed by atoms with Crippen molar-refractivity contribution in [3.8, 4) is 5.75 Å². The monoisotopic (exact) mass is 266 g/mol. The predicted molar refractivity (Wildman–Crippen MR) is 75.3 cm³/mol. The molecule has 2 rings (SSSR count). The lowest BCUT2D eigenvalue weighted by Crippen LogP contribution is -2.25. The Labute approximate surface area is 111 Å². The molecular weight excluding hydrogens is 248 g/mol. The first-order valence-corrected chi connectivity index (χ1v) is 7.44. The summed E-state index contributed by atoms with van der Waals surface area (Å²) in [6.07, 6.45) is 3.29. The number of hydrogen-bond donors (Lipinski definition) is 2. The van der Waals surface area contributed by atoms with Crippen LogP contribution < -0.4 is 15.4 Å². The third kappa shape index (κ3) is 3.65. The molecule has 0 atom stereocenters. The topological polar surface area (TPSA) is 50.4 Å². The first kappa shape index (κ1) is 13.2. The minimum absolute atomic E-state index is 0.0902. The lowest BCUT2D eigenvalue weighted by Gasteiger charge is -2.18. The van der Waals surface area contributed by atoms with Gasteiger partial charge in [-0.05, 0) is 42.7 Å². The van der Waals surface area contributed by atoms with E-state index < -0.39 is 0 Å². The summed E-state index contributed by atoms with van der Waals surface area (Å²) in [5.41, 5.74) is 1.93. The molecule has 1 aliphatic rings. The molecule has 0 unspecified atom stereocenters. The fraction of sp³-hybridized carbons (Fsp3) is 0.462. The van der Waals surface area contributed by atoms with Crippen molar-refractivity contribution in [2.45, 2.75) is 13.0 Å². The Bertz CT molecular complexity index is 423. The van der Waals surface area contributed by atoms with Crippen LogP contribution in [0.2, 0.25) is 0 Å². The molecule has 0 fully saturated rings. The number of hydrogen-bond acceptors (Lipinski definition) is 4. The fourth-order valence-corrected chi connectivity index (χ4v) is 2.25. The number of nitrogens with one attached hydrogen (secondary N) is 2. The molecule has 1 aliphatic heterocycles. The average Bonchev–Trinajstić information content (AvgIpc) is 2.38. The Morgan fingerprint density at radius 3 is 3.22 bits per heavy atom. The van der Waals surface area contributed by atoms with Crippen molar-refractivity contribution in [2.24, 2.45) is 0 Å². The van der Waals surface area contributed by atoms with Gasteiger partial charge in [-0.3, -0.25) is 4.79 Å². The van der Waals surface area contributed by atoms with Crippen LogP contribution in [-0.4, -0.2) is 31.1 Å². The van der Waals surface area contributed by atoms with Gasteiger partial charge in [-0.25, -0.2) is 0 Å². The van der Waals surface area contributed by atoms with Crippen molar-refractivity contribution in [1.82, 2.24) is 5.32 Å². The molecule has 4 nitrogen and oxygen atoms in total. The van der Waals surface area contributed by atoms with Crippen molar-refractivity contribution in [1.29, 1.82) is 0 Å². The van der Waals surface area contributed by atoms with Gasteiger partial charge in [-0.1, -0.05) is 6.07 Å². The second-order valence-electron chi connectivity index (χ2n) is 4.19. The van der Waals surface area contributed by atoms with Gasteiger partial charge in [0.05, 0.1) is 5.69 Å². The van der Waals surface area contributed by atoms with Gasteiger partial charge >= 0.3 is 0 Å². The van der Waals surface area contributed by atoms with E-state index in [1.807, 2.05) is 30.0 Å². The predicted octanol–water partition coefficient (Wildman–Crippen LogP) is 1.86. The zero-order chi connectivity index (χ0) is 12.8. The van der Waals surface area contributed by atoms with Crippen LogP contribution in [0.5, 0.6) is 5.75 Å². The summed E-state index contributed by atoms with van der Waals surface area (Å²) in [5, 5.41) is 6.20. The third-order valence-corrected chi connectivity index (χ3v) is 3.40. The number of benzene rings is 1. The summed E-state index contributed by atoms with van der Waals surface area (Å²) in [7, 11) is 0. The van der Waals surface area contributed by atoms with Gasteiger partial charge in [0.25, 0.3) is 5.91 Å². The summed E-state index contributed by atoms with van der Waals surface area (Å²) in [6, 6.07) is 5.90. The smallest absolute Gasteiger partial charge is 0.262 e. The summed E-state index contributed by atoms with van der Waals surface area (Å²) in [4.78, 5) is 11.2. The Balaban J connectivity index is 1.86. The Hall–Kier alpha value is -1.20. The summed E-state index contributed by atoms with van der Waals surface area (Å²) < 4.78 is 5.31. The van der Waals surface area contributed by atoms with E-state index >= 15 is 0 Å². The molecule has 2 N–H and O–H groups in total. The van der Waals surface area contributed by atoms with Gasteiger partial charge in [-0.15, -0.1) is 0 Å². The maximum Gasteiger partial charge on any atom is 0.262 e. The molecule has 0 saturated heterocycles. The van der Waals surface area contributed by atoms with Gasteiger partial charge in [0.2, 0.25) is 0 Å². The lowest BCUT2D eigenvalue weighted by molar-refractivity contribution is -0.118. The highest BCUT2D eigenvalue weighted by molar-refractivity contribution is 7.98. The van der Waals surface area contributed by atoms with Crippen LogP contribution in [0.3, 0.4) is 0 Å². The SMILES string of the molecule is CSCCCNCc1ccc2c(c1)NC(=O)CO2. The number of anilines is 1. The first-order valence-electron chi connectivity index (χ1n) is 6.05. The highest BCUT2D eigenvalue weighted by Gasteiger charge is 2.15. The van der Waals surface area contributed by atoms with Crippen molar-refractivity contribution < 1.29 is 9.53 Å². The molecule has 98 valence electrons. The van der Waals surface area contributed by atoms with E-state index in [4.69, 9.17) is 4.74 Å². The molecule has 0 saturated carbocycles. The number of fused-ring (bicyclic) bond motifs is 1. The first-order chi connectivity index (χ1) is 8.79. The maximum atomic E-state index is 11.2. The molecule has 0 spiro atoms. The molecule has 1 aromatic carbocycles. The van der Waals surface area contributed by atoms with E-state index in [9.17, 15) is 4.79 Å². The number of rotatable bonds is 6. The van der Waals surface area contributed by atoms with Gasteiger partial charge in [0, 0.05) is 6.54 Å². The average molecular weight is 266 g/mol. The molecule has 5 heteroatoms. The van der Waals surface area contributed by atoms with Crippen molar-refractivity contribution in [2.75, 3.05) is 30.5 Å². The Kier molecular flexibility index (Phi) is 4.90. The lowest BCUT2D eigenvalue weighted by atomic mass is 10.1. The minimum atomic E-state index is -0.0902. The van der Waals surface area contributed by atoms with Crippen molar-refractivity contribution in [3.63, 3.8) is 0 Å². The standard InChI is InChI=1S/C13H18N2O2S/c1-18-6-2-5-14-8-10-3-4-12-11(7-10)15-13(16)9-17-12/h3-4,7,14H,2,5-6,8-9H2,1H3,(H,15,16). The molecule has 1 amide bonds. The summed E-state index contributed by atoms with van der Waals surface area (Å²) in [5.74, 6) is 1.84. The molecule has 0 aliphatic carbocycles. The molecule has 1 aromatic rings. The Morgan fingerprint density at radius 1 is 1.50 bits per heavy atom. The van der Waals surface area contributed by atoms with E-state index in [2.05, 4.69) is 16.9 Å². The van der Waals surface area contributed by atoms with E-state index in [1.54, 1.807) is 0 Å². The number of amides is 1. The second kappa shape index (κ2) is 6.66. The van der Waals surface area contributed by atoms with E-state index in [0.717, 1.165) is 30.1 Å². The van der Waals surface area contributed by atoms with E-state index in [0.29, 0.717) is 0 Å². The van der Waals surface area contributed by atoms with Gasteiger partial charge in [0.1, 0.15) is 5.75 Å². The zero-order valence-electron chi connectivity index (χ0n) is 10.5. The molecule has 0 bridgehead atoms. The molecule has 0 aromatic heterocycles. The van der Waals surface area contributed by atoms with Gasteiger partial charge < -0.3 is 15.4 Å². The van der Waals surface area contributed by atoms with Crippen molar-refractivity contribution >= 4 is 23.4 Å². The molecule has 0 radical (unpaired) electrons. The van der Waals surface area contributed by atoms with Gasteiger partial charge in [0.15, 0.2) is 6.61 Å². The van der Waals surface area contributed by atoms with E-state index in [-0.39, 0.29) is 12.5 Å².